The van der Waals surface area contributed by atoms with Crippen LogP contribution in [0.3, 0.4) is 0 Å². The number of nitrogens with zero attached hydrogens (tertiary/aromatic N) is 1. The van der Waals surface area contributed by atoms with E-state index in [-0.39, 0.29) is 5.41 Å². The van der Waals surface area contributed by atoms with Crippen LogP contribution < -0.4 is 4.74 Å². The fraction of sp³-hybridized carbons (Fsp3) is 0.562. The summed E-state index contributed by atoms with van der Waals surface area (Å²) in [6.45, 7) is 7.32. The largest absolute Gasteiger partial charge is 0.496 e. The van der Waals surface area contributed by atoms with Crippen molar-refractivity contribution >= 4 is 0 Å². The maximum absolute atomic E-state index is 9.45. The van der Waals surface area contributed by atoms with Gasteiger partial charge in [0.15, 0.2) is 0 Å². The molecular weight excluding hydrogens is 238 g/mol. The Hall–Kier alpha value is -1.53. The van der Waals surface area contributed by atoms with Gasteiger partial charge < -0.3 is 9.47 Å². The summed E-state index contributed by atoms with van der Waals surface area (Å²) < 4.78 is 10.8. The van der Waals surface area contributed by atoms with Crippen LogP contribution in [0.5, 0.6) is 5.75 Å². The van der Waals surface area contributed by atoms with E-state index >= 15 is 0 Å². The molecule has 0 aliphatic carbocycles. The van der Waals surface area contributed by atoms with Gasteiger partial charge in [0, 0.05) is 0 Å². The minimum absolute atomic E-state index is 0.196. The van der Waals surface area contributed by atoms with Crippen molar-refractivity contribution in [1.82, 2.24) is 0 Å². The van der Waals surface area contributed by atoms with Crippen molar-refractivity contribution < 1.29 is 9.47 Å². The quantitative estimate of drug-likeness (QED) is 0.834. The highest BCUT2D eigenvalue weighted by molar-refractivity contribution is 5.43. The molecule has 0 saturated carbocycles. The highest BCUT2D eigenvalue weighted by Crippen LogP contribution is 2.47. The maximum Gasteiger partial charge on any atom is 0.122 e. The van der Waals surface area contributed by atoms with Crippen LogP contribution in [0.15, 0.2) is 18.2 Å². The summed E-state index contributed by atoms with van der Waals surface area (Å²) in [5.74, 6) is 0.913. The number of methoxy groups -OCH3 is 1. The lowest BCUT2D eigenvalue weighted by atomic mass is 9.61. The van der Waals surface area contributed by atoms with E-state index in [1.165, 1.54) is 11.1 Å². The second-order valence-corrected chi connectivity index (χ2v) is 5.69. The van der Waals surface area contributed by atoms with Crippen LogP contribution in [-0.4, -0.2) is 20.3 Å². The Kier molecular flexibility index (Phi) is 3.56. The predicted molar refractivity (Wildman–Crippen MR) is 74.3 cm³/mol. The molecule has 0 radical (unpaired) electrons. The Bertz CT molecular complexity index is 510. The van der Waals surface area contributed by atoms with Crippen molar-refractivity contribution in [2.45, 2.75) is 32.6 Å². The van der Waals surface area contributed by atoms with E-state index in [0.29, 0.717) is 13.2 Å². The first-order chi connectivity index (χ1) is 9.00. The SMILES string of the molecule is CCc1cc(C2(C(C)(C)C#N)COC2)ccc1OC. The van der Waals surface area contributed by atoms with Crippen LogP contribution in [-0.2, 0) is 16.6 Å². The molecule has 0 spiro atoms. The molecule has 0 N–H and O–H groups in total. The number of aryl methyl sites for hydroxylation is 1. The molecule has 1 aliphatic rings. The summed E-state index contributed by atoms with van der Waals surface area (Å²) in [5, 5.41) is 9.45. The fourth-order valence-corrected chi connectivity index (χ4v) is 2.65. The second-order valence-electron chi connectivity index (χ2n) is 5.69. The summed E-state index contributed by atoms with van der Waals surface area (Å²) >= 11 is 0. The Balaban J connectivity index is 2.49. The van der Waals surface area contributed by atoms with Crippen LogP contribution >= 0.6 is 0 Å². The van der Waals surface area contributed by atoms with Crippen molar-refractivity contribution in [2.24, 2.45) is 5.41 Å². The summed E-state index contributed by atoms with van der Waals surface area (Å²) in [6, 6.07) is 8.68. The molecule has 1 aromatic rings. The number of benzene rings is 1. The predicted octanol–water partition coefficient (Wildman–Crippen LogP) is 3.08. The van der Waals surface area contributed by atoms with Gasteiger partial charge in [-0.3, -0.25) is 0 Å². The number of hydrogen-bond donors (Lipinski definition) is 0. The second kappa shape index (κ2) is 4.86. The Morgan fingerprint density at radius 1 is 1.42 bits per heavy atom. The zero-order valence-electron chi connectivity index (χ0n) is 12.1. The van der Waals surface area contributed by atoms with Gasteiger partial charge in [0.2, 0.25) is 0 Å². The zero-order valence-corrected chi connectivity index (χ0v) is 12.1. The number of ether oxygens (including phenoxy) is 2. The zero-order chi connectivity index (χ0) is 14.1. The van der Waals surface area contributed by atoms with Crippen molar-refractivity contribution in [3.8, 4) is 11.8 Å². The standard InChI is InChI=1S/C16H21NO2/c1-5-12-8-13(6-7-14(12)18-4)16(10-19-11-16)15(2,3)9-17/h6-8H,5,10-11H2,1-4H3. The van der Waals surface area contributed by atoms with E-state index in [2.05, 4.69) is 25.1 Å². The highest BCUT2D eigenvalue weighted by Gasteiger charge is 2.52. The highest BCUT2D eigenvalue weighted by atomic mass is 16.5. The van der Waals surface area contributed by atoms with E-state index < -0.39 is 5.41 Å². The molecule has 1 saturated heterocycles. The summed E-state index contributed by atoms with van der Waals surface area (Å²) in [7, 11) is 1.69. The minimum atomic E-state index is -0.440. The van der Waals surface area contributed by atoms with Crippen molar-refractivity contribution in [3.05, 3.63) is 29.3 Å². The van der Waals surface area contributed by atoms with Gasteiger partial charge in [0.05, 0.1) is 37.2 Å². The summed E-state index contributed by atoms with van der Waals surface area (Å²) in [4.78, 5) is 0. The minimum Gasteiger partial charge on any atom is -0.496 e. The molecule has 1 heterocycles. The van der Waals surface area contributed by atoms with Crippen molar-refractivity contribution in [3.63, 3.8) is 0 Å². The van der Waals surface area contributed by atoms with Crippen molar-refractivity contribution in [1.29, 1.82) is 5.26 Å². The number of hydrogen-bond acceptors (Lipinski definition) is 3. The molecule has 0 atom stereocenters. The average Bonchev–Trinajstić information content (AvgIpc) is 2.36. The van der Waals surface area contributed by atoms with Crippen LogP contribution in [0.1, 0.15) is 31.9 Å². The van der Waals surface area contributed by atoms with Crippen LogP contribution in [0.25, 0.3) is 0 Å². The smallest absolute Gasteiger partial charge is 0.122 e. The lowest BCUT2D eigenvalue weighted by Crippen LogP contribution is -2.56. The number of rotatable bonds is 4. The maximum atomic E-state index is 9.45. The fourth-order valence-electron chi connectivity index (χ4n) is 2.65. The van der Waals surface area contributed by atoms with Gasteiger partial charge in [0.1, 0.15) is 5.75 Å². The third-order valence-electron chi connectivity index (χ3n) is 4.39. The van der Waals surface area contributed by atoms with Gasteiger partial charge >= 0.3 is 0 Å². The summed E-state index contributed by atoms with van der Waals surface area (Å²) in [6.07, 6.45) is 0.918. The molecule has 0 aromatic heterocycles. The van der Waals surface area contributed by atoms with E-state index in [1.54, 1.807) is 7.11 Å². The lowest BCUT2D eigenvalue weighted by Gasteiger charge is -2.49. The monoisotopic (exact) mass is 259 g/mol. The Morgan fingerprint density at radius 2 is 2.11 bits per heavy atom. The van der Waals surface area contributed by atoms with Crippen molar-refractivity contribution in [2.75, 3.05) is 20.3 Å². The molecule has 1 fully saturated rings. The van der Waals surface area contributed by atoms with Gasteiger partial charge in [0.25, 0.3) is 0 Å². The molecular formula is C16H21NO2. The van der Waals surface area contributed by atoms with Gasteiger partial charge in [-0.2, -0.15) is 5.26 Å². The van der Waals surface area contributed by atoms with Gasteiger partial charge in [-0.1, -0.05) is 19.1 Å². The molecule has 102 valence electrons. The first-order valence-electron chi connectivity index (χ1n) is 6.67. The van der Waals surface area contributed by atoms with Gasteiger partial charge in [-0.05, 0) is 37.5 Å². The van der Waals surface area contributed by atoms with E-state index in [9.17, 15) is 5.26 Å². The molecule has 3 heteroatoms. The van der Waals surface area contributed by atoms with Crippen LogP contribution in [0, 0.1) is 16.7 Å². The van der Waals surface area contributed by atoms with E-state index in [0.717, 1.165) is 12.2 Å². The molecule has 2 rings (SSSR count). The first-order valence-corrected chi connectivity index (χ1v) is 6.67. The van der Waals surface area contributed by atoms with Crippen LogP contribution in [0.2, 0.25) is 0 Å². The molecule has 1 aromatic carbocycles. The van der Waals surface area contributed by atoms with Crippen LogP contribution in [0.4, 0.5) is 0 Å². The van der Waals surface area contributed by atoms with E-state index in [1.807, 2.05) is 19.9 Å². The third kappa shape index (κ3) is 2.01. The first kappa shape index (κ1) is 13.9. The normalized spacial score (nSPS) is 17.4. The molecule has 3 nitrogen and oxygen atoms in total. The average molecular weight is 259 g/mol. The third-order valence-corrected chi connectivity index (χ3v) is 4.39. The van der Waals surface area contributed by atoms with E-state index in [4.69, 9.17) is 9.47 Å². The molecule has 0 bridgehead atoms. The Labute approximate surface area is 115 Å². The molecule has 0 unspecified atom stereocenters. The number of nitriles is 1. The van der Waals surface area contributed by atoms with Gasteiger partial charge in [-0.25, -0.2) is 0 Å². The molecule has 1 aliphatic heterocycles. The lowest BCUT2D eigenvalue weighted by molar-refractivity contribution is -0.102. The Morgan fingerprint density at radius 3 is 2.53 bits per heavy atom. The summed E-state index contributed by atoms with van der Waals surface area (Å²) in [5.41, 5.74) is 1.73. The topological polar surface area (TPSA) is 42.2 Å². The molecule has 19 heavy (non-hydrogen) atoms. The van der Waals surface area contributed by atoms with Gasteiger partial charge in [-0.15, -0.1) is 0 Å². The molecule has 0 amide bonds.